The summed E-state index contributed by atoms with van der Waals surface area (Å²) in [6.07, 6.45) is 2.57. The summed E-state index contributed by atoms with van der Waals surface area (Å²) < 4.78 is 9.60. The molecule has 8 heteroatoms. The standard InChI is InChI=1S/C12H16N2O6/c1-3-19-11(15)10(12(16)20-4-2)8-5-6-13-7-9(8)14(17)18/h5,7,10,13H,3-4,6H2,1-2H3. The van der Waals surface area contributed by atoms with Crippen LogP contribution in [0.1, 0.15) is 13.8 Å². The Kier molecular flexibility index (Phi) is 5.70. The Hall–Kier alpha value is -2.38. The Morgan fingerprint density at radius 1 is 1.35 bits per heavy atom. The number of hydrogen-bond donors (Lipinski definition) is 1. The first-order valence-corrected chi connectivity index (χ1v) is 6.14. The lowest BCUT2D eigenvalue weighted by Crippen LogP contribution is -2.33. The second-order valence-corrected chi connectivity index (χ2v) is 3.79. The zero-order valence-corrected chi connectivity index (χ0v) is 11.3. The van der Waals surface area contributed by atoms with Crippen LogP contribution >= 0.6 is 0 Å². The molecule has 8 nitrogen and oxygen atoms in total. The molecule has 0 fully saturated rings. The summed E-state index contributed by atoms with van der Waals surface area (Å²) in [5.41, 5.74) is -0.354. The van der Waals surface area contributed by atoms with E-state index in [-0.39, 0.29) is 31.0 Å². The number of nitrogens with one attached hydrogen (secondary N) is 1. The van der Waals surface area contributed by atoms with Crippen molar-refractivity contribution >= 4 is 11.9 Å². The molecule has 0 aromatic carbocycles. The molecule has 0 amide bonds. The molecule has 0 saturated carbocycles. The minimum Gasteiger partial charge on any atom is -0.465 e. The Bertz CT molecular complexity index is 451. The summed E-state index contributed by atoms with van der Waals surface area (Å²) in [6.45, 7) is 3.58. The highest BCUT2D eigenvalue weighted by Gasteiger charge is 2.39. The van der Waals surface area contributed by atoms with E-state index in [1.54, 1.807) is 13.8 Å². The Morgan fingerprint density at radius 2 is 1.90 bits per heavy atom. The Morgan fingerprint density at radius 3 is 2.35 bits per heavy atom. The number of nitrogens with zero attached hydrogens (tertiary/aromatic N) is 1. The average Bonchev–Trinajstić information content (AvgIpc) is 2.40. The number of allylic oxidation sites excluding steroid dienone is 1. The lowest BCUT2D eigenvalue weighted by Gasteiger charge is -2.18. The van der Waals surface area contributed by atoms with Gasteiger partial charge in [-0.2, -0.15) is 0 Å². The molecule has 1 heterocycles. The molecular formula is C12H16N2O6. The van der Waals surface area contributed by atoms with E-state index < -0.39 is 22.8 Å². The molecule has 20 heavy (non-hydrogen) atoms. The van der Waals surface area contributed by atoms with Crippen LogP contribution in [0.3, 0.4) is 0 Å². The summed E-state index contributed by atoms with van der Waals surface area (Å²) in [4.78, 5) is 34.1. The van der Waals surface area contributed by atoms with Crippen molar-refractivity contribution in [3.63, 3.8) is 0 Å². The summed E-state index contributed by atoms with van der Waals surface area (Å²) in [5, 5.41) is 13.6. The molecule has 1 N–H and O–H groups in total. The third-order valence-electron chi connectivity index (χ3n) is 2.53. The van der Waals surface area contributed by atoms with Crippen LogP contribution in [-0.4, -0.2) is 36.6 Å². The summed E-state index contributed by atoms with van der Waals surface area (Å²) >= 11 is 0. The molecule has 0 bridgehead atoms. The molecule has 1 aliphatic rings. The van der Waals surface area contributed by atoms with Crippen molar-refractivity contribution in [2.75, 3.05) is 19.8 Å². The van der Waals surface area contributed by atoms with Crippen LogP contribution in [0.15, 0.2) is 23.5 Å². The van der Waals surface area contributed by atoms with Gasteiger partial charge in [0.1, 0.15) is 0 Å². The van der Waals surface area contributed by atoms with Crippen molar-refractivity contribution in [2.45, 2.75) is 13.8 Å². The minimum atomic E-state index is -1.44. The third-order valence-corrected chi connectivity index (χ3v) is 2.53. The lowest BCUT2D eigenvalue weighted by molar-refractivity contribution is -0.422. The molecular weight excluding hydrogens is 268 g/mol. The maximum atomic E-state index is 11.9. The van der Waals surface area contributed by atoms with E-state index in [1.165, 1.54) is 6.08 Å². The smallest absolute Gasteiger partial charge is 0.325 e. The highest BCUT2D eigenvalue weighted by molar-refractivity contribution is 5.99. The number of dihydropyridines is 1. The van der Waals surface area contributed by atoms with Crippen LogP contribution in [0.25, 0.3) is 0 Å². The van der Waals surface area contributed by atoms with Crippen molar-refractivity contribution in [3.8, 4) is 0 Å². The molecule has 1 aliphatic heterocycles. The van der Waals surface area contributed by atoms with Crippen LogP contribution in [0.4, 0.5) is 0 Å². The van der Waals surface area contributed by atoms with E-state index >= 15 is 0 Å². The highest BCUT2D eigenvalue weighted by Crippen LogP contribution is 2.24. The van der Waals surface area contributed by atoms with Crippen molar-refractivity contribution in [3.05, 3.63) is 33.7 Å². The molecule has 0 saturated heterocycles. The van der Waals surface area contributed by atoms with Crippen molar-refractivity contribution < 1.29 is 24.0 Å². The van der Waals surface area contributed by atoms with Gasteiger partial charge in [0.15, 0.2) is 5.92 Å². The van der Waals surface area contributed by atoms with Gasteiger partial charge in [-0.25, -0.2) is 0 Å². The molecule has 0 atom stereocenters. The number of carbonyl (C=O) groups excluding carboxylic acids is 2. The normalized spacial score (nSPS) is 13.9. The van der Waals surface area contributed by atoms with Crippen molar-refractivity contribution in [1.29, 1.82) is 0 Å². The van der Waals surface area contributed by atoms with Gasteiger partial charge >= 0.3 is 11.9 Å². The molecule has 1 rings (SSSR count). The fraction of sp³-hybridized carbons (Fsp3) is 0.500. The number of nitro groups is 1. The molecule has 0 aromatic heterocycles. The second-order valence-electron chi connectivity index (χ2n) is 3.79. The zero-order valence-electron chi connectivity index (χ0n) is 11.3. The van der Waals surface area contributed by atoms with E-state index in [0.717, 1.165) is 6.20 Å². The van der Waals surface area contributed by atoms with E-state index in [9.17, 15) is 19.7 Å². The highest BCUT2D eigenvalue weighted by atomic mass is 16.6. The molecule has 0 spiro atoms. The van der Waals surface area contributed by atoms with Gasteiger partial charge in [0.05, 0.1) is 29.9 Å². The van der Waals surface area contributed by atoms with Crippen LogP contribution in [0.5, 0.6) is 0 Å². The van der Waals surface area contributed by atoms with Gasteiger partial charge in [-0.3, -0.25) is 19.7 Å². The van der Waals surface area contributed by atoms with Gasteiger partial charge in [-0.05, 0) is 13.8 Å². The first kappa shape index (κ1) is 15.7. The maximum absolute atomic E-state index is 11.9. The summed E-state index contributed by atoms with van der Waals surface area (Å²) in [6, 6.07) is 0. The molecule has 0 unspecified atom stereocenters. The summed E-state index contributed by atoms with van der Waals surface area (Å²) in [7, 11) is 0. The number of ether oxygens (including phenoxy) is 2. The molecule has 0 aromatic rings. The van der Waals surface area contributed by atoms with Gasteiger partial charge in [0.25, 0.3) is 5.70 Å². The predicted molar refractivity (Wildman–Crippen MR) is 67.9 cm³/mol. The topological polar surface area (TPSA) is 108 Å². The van der Waals surface area contributed by atoms with E-state index in [2.05, 4.69) is 5.32 Å². The minimum absolute atomic E-state index is 0.00866. The lowest BCUT2D eigenvalue weighted by atomic mass is 9.95. The van der Waals surface area contributed by atoms with Gasteiger partial charge in [-0.1, -0.05) is 6.08 Å². The third kappa shape index (κ3) is 3.56. The van der Waals surface area contributed by atoms with Crippen LogP contribution in [-0.2, 0) is 19.1 Å². The van der Waals surface area contributed by atoms with Gasteiger partial charge < -0.3 is 14.8 Å². The van der Waals surface area contributed by atoms with Gasteiger partial charge in [0.2, 0.25) is 0 Å². The fourth-order valence-electron chi connectivity index (χ4n) is 1.74. The SMILES string of the molecule is CCOC(=O)C(C(=O)OCC)C1=CCNC=C1[N+](=O)[O-]. The fourth-order valence-corrected chi connectivity index (χ4v) is 1.74. The quantitative estimate of drug-likeness (QED) is 0.325. The Balaban J connectivity index is 3.12. The van der Waals surface area contributed by atoms with E-state index in [0.29, 0.717) is 0 Å². The average molecular weight is 284 g/mol. The maximum Gasteiger partial charge on any atom is 0.325 e. The number of carbonyl (C=O) groups is 2. The zero-order chi connectivity index (χ0) is 15.1. The molecule has 0 radical (unpaired) electrons. The van der Waals surface area contributed by atoms with Gasteiger partial charge in [0, 0.05) is 6.54 Å². The number of esters is 2. The molecule has 110 valence electrons. The first-order valence-electron chi connectivity index (χ1n) is 6.14. The monoisotopic (exact) mass is 284 g/mol. The van der Waals surface area contributed by atoms with Crippen molar-refractivity contribution in [2.24, 2.45) is 5.92 Å². The second kappa shape index (κ2) is 7.27. The molecule has 0 aliphatic carbocycles. The van der Waals surface area contributed by atoms with E-state index in [4.69, 9.17) is 9.47 Å². The van der Waals surface area contributed by atoms with Crippen molar-refractivity contribution in [1.82, 2.24) is 5.32 Å². The number of hydrogen-bond acceptors (Lipinski definition) is 7. The van der Waals surface area contributed by atoms with E-state index in [1.807, 2.05) is 0 Å². The first-order chi connectivity index (χ1) is 9.52. The van der Waals surface area contributed by atoms with Crippen LogP contribution in [0.2, 0.25) is 0 Å². The van der Waals surface area contributed by atoms with Gasteiger partial charge in [-0.15, -0.1) is 0 Å². The predicted octanol–water partition coefficient (Wildman–Crippen LogP) is 0.377. The number of rotatable bonds is 6. The Labute approximate surface area is 115 Å². The van der Waals surface area contributed by atoms with Crippen LogP contribution in [0, 0.1) is 16.0 Å². The summed E-state index contributed by atoms with van der Waals surface area (Å²) in [5.74, 6) is -3.15. The largest absolute Gasteiger partial charge is 0.465 e. The van der Waals surface area contributed by atoms with Crippen LogP contribution < -0.4 is 5.32 Å².